The summed E-state index contributed by atoms with van der Waals surface area (Å²) in [6.45, 7) is 3.35. The molecule has 2 nitrogen and oxygen atoms in total. The summed E-state index contributed by atoms with van der Waals surface area (Å²) in [4.78, 5) is 0. The molecule has 1 aromatic rings. The van der Waals surface area contributed by atoms with E-state index in [0.29, 0.717) is 22.4 Å². The van der Waals surface area contributed by atoms with Crippen LogP contribution in [0.4, 0.5) is 0 Å². The Morgan fingerprint density at radius 1 is 1.19 bits per heavy atom. The van der Waals surface area contributed by atoms with E-state index in [2.05, 4.69) is 6.92 Å². The minimum absolute atomic E-state index is 0.413. The second-order valence-corrected chi connectivity index (χ2v) is 6.90. The van der Waals surface area contributed by atoms with Gasteiger partial charge >= 0.3 is 0 Å². The molecule has 0 amide bonds. The quantitative estimate of drug-likeness (QED) is 0.557. The van der Waals surface area contributed by atoms with Crippen LogP contribution in [0.15, 0.2) is 18.2 Å². The van der Waals surface area contributed by atoms with E-state index >= 15 is 0 Å². The van der Waals surface area contributed by atoms with E-state index in [0.717, 1.165) is 24.3 Å². The van der Waals surface area contributed by atoms with Crippen molar-refractivity contribution in [3.05, 3.63) is 33.8 Å². The van der Waals surface area contributed by atoms with E-state index in [1.807, 2.05) is 12.1 Å². The third-order valence-electron chi connectivity index (χ3n) is 3.02. The number of halogens is 2. The fraction of sp³-hybridized carbons (Fsp3) is 0.625. The molecule has 0 fully saturated rings. The molecule has 0 heterocycles. The van der Waals surface area contributed by atoms with Crippen LogP contribution in [0.25, 0.3) is 0 Å². The Balaban J connectivity index is 2.07. The van der Waals surface area contributed by atoms with Gasteiger partial charge in [0, 0.05) is 18.1 Å². The van der Waals surface area contributed by atoms with Crippen molar-refractivity contribution in [3.63, 3.8) is 0 Å². The molecule has 21 heavy (non-hydrogen) atoms. The minimum Gasteiger partial charge on any atom is -0.390 e. The van der Waals surface area contributed by atoms with Crippen LogP contribution in [0.3, 0.4) is 0 Å². The third-order valence-corrected chi connectivity index (χ3v) is 4.91. The lowest BCUT2D eigenvalue weighted by Crippen LogP contribution is -2.18. The second kappa shape index (κ2) is 11.6. The summed E-state index contributed by atoms with van der Waals surface area (Å²) >= 11 is 13.5. The highest BCUT2D eigenvalue weighted by molar-refractivity contribution is 7.98. The zero-order valence-corrected chi connectivity index (χ0v) is 14.8. The molecule has 1 N–H and O–H groups in total. The van der Waals surface area contributed by atoms with Crippen molar-refractivity contribution in [2.24, 2.45) is 0 Å². The van der Waals surface area contributed by atoms with Crippen molar-refractivity contribution in [1.82, 2.24) is 0 Å². The fourth-order valence-electron chi connectivity index (χ4n) is 1.84. The predicted octanol–water partition coefficient (Wildman–Crippen LogP) is 5.18. The maximum absolute atomic E-state index is 9.84. The largest absolute Gasteiger partial charge is 0.390 e. The molecule has 1 aromatic carbocycles. The summed E-state index contributed by atoms with van der Waals surface area (Å²) < 4.78 is 5.48. The van der Waals surface area contributed by atoms with Crippen molar-refractivity contribution in [1.29, 1.82) is 0 Å². The van der Waals surface area contributed by atoms with E-state index in [-0.39, 0.29) is 0 Å². The molecule has 120 valence electrons. The zero-order valence-electron chi connectivity index (χ0n) is 12.5. The topological polar surface area (TPSA) is 29.5 Å². The maximum atomic E-state index is 9.84. The maximum Gasteiger partial charge on any atom is 0.0863 e. The molecular formula is C16H24Cl2O2S. The van der Waals surface area contributed by atoms with Crippen LogP contribution in [-0.2, 0) is 10.5 Å². The molecule has 0 radical (unpaired) electrons. The molecule has 0 bridgehead atoms. The third kappa shape index (κ3) is 8.94. The van der Waals surface area contributed by atoms with Gasteiger partial charge in [0.2, 0.25) is 0 Å². The lowest BCUT2D eigenvalue weighted by molar-refractivity contribution is 0.0468. The normalized spacial score (nSPS) is 12.6. The van der Waals surface area contributed by atoms with Crippen molar-refractivity contribution in [2.75, 3.05) is 19.0 Å². The highest BCUT2D eigenvalue weighted by atomic mass is 35.5. The van der Waals surface area contributed by atoms with Crippen molar-refractivity contribution in [2.45, 2.75) is 44.5 Å². The first-order valence-electron chi connectivity index (χ1n) is 7.41. The van der Waals surface area contributed by atoms with Gasteiger partial charge in [0.1, 0.15) is 0 Å². The van der Waals surface area contributed by atoms with Crippen LogP contribution in [0.5, 0.6) is 0 Å². The van der Waals surface area contributed by atoms with E-state index in [4.69, 9.17) is 27.9 Å². The first kappa shape index (κ1) is 19.1. The second-order valence-electron chi connectivity index (χ2n) is 5.05. The molecule has 0 aliphatic rings. The number of benzene rings is 1. The molecule has 0 saturated carbocycles. The Hall–Kier alpha value is 0.0700. The number of rotatable bonds is 11. The van der Waals surface area contributed by atoms with Crippen LogP contribution >= 0.6 is 35.0 Å². The smallest absolute Gasteiger partial charge is 0.0863 e. The summed E-state index contributed by atoms with van der Waals surface area (Å²) in [6.07, 6.45) is 4.36. The highest BCUT2D eigenvalue weighted by Gasteiger charge is 2.06. The SMILES string of the molecule is CCCCCCOCC(O)CSCc1ccc(Cl)c(Cl)c1. The van der Waals surface area contributed by atoms with Gasteiger partial charge in [0.15, 0.2) is 0 Å². The van der Waals surface area contributed by atoms with Gasteiger partial charge in [-0.25, -0.2) is 0 Å². The molecule has 0 aliphatic carbocycles. The van der Waals surface area contributed by atoms with Gasteiger partial charge in [-0.15, -0.1) is 0 Å². The lowest BCUT2D eigenvalue weighted by atomic mass is 10.2. The Bertz CT molecular complexity index is 402. The average molecular weight is 351 g/mol. The number of ether oxygens (including phenoxy) is 1. The molecule has 1 rings (SSSR count). The molecule has 0 aromatic heterocycles. The van der Waals surface area contributed by atoms with E-state index in [9.17, 15) is 5.11 Å². The van der Waals surface area contributed by atoms with Crippen LogP contribution in [0.1, 0.15) is 38.2 Å². The lowest BCUT2D eigenvalue weighted by Gasteiger charge is -2.11. The van der Waals surface area contributed by atoms with Gasteiger partial charge in [0.05, 0.1) is 22.8 Å². The molecule has 1 unspecified atom stereocenters. The molecular weight excluding hydrogens is 327 g/mol. The Morgan fingerprint density at radius 3 is 2.71 bits per heavy atom. The molecule has 0 aliphatic heterocycles. The predicted molar refractivity (Wildman–Crippen MR) is 93.6 cm³/mol. The van der Waals surface area contributed by atoms with Gasteiger partial charge in [-0.1, -0.05) is 55.5 Å². The number of thioether (sulfide) groups is 1. The number of aliphatic hydroxyl groups excluding tert-OH is 1. The van der Waals surface area contributed by atoms with Gasteiger partial charge in [0.25, 0.3) is 0 Å². The van der Waals surface area contributed by atoms with Crippen molar-refractivity contribution >= 4 is 35.0 Å². The van der Waals surface area contributed by atoms with Crippen LogP contribution < -0.4 is 0 Å². The summed E-state index contributed by atoms with van der Waals surface area (Å²) in [5.74, 6) is 1.47. The summed E-state index contributed by atoms with van der Waals surface area (Å²) in [7, 11) is 0. The van der Waals surface area contributed by atoms with Gasteiger partial charge in [-0.05, 0) is 24.1 Å². The first-order chi connectivity index (χ1) is 10.1. The van der Waals surface area contributed by atoms with E-state index in [1.165, 1.54) is 19.3 Å². The van der Waals surface area contributed by atoms with Gasteiger partial charge in [-0.2, -0.15) is 11.8 Å². The Labute approximate surface area is 142 Å². The number of hydrogen-bond donors (Lipinski definition) is 1. The number of aliphatic hydroxyl groups is 1. The molecule has 5 heteroatoms. The van der Waals surface area contributed by atoms with Crippen LogP contribution in [-0.4, -0.2) is 30.2 Å². The van der Waals surface area contributed by atoms with Gasteiger partial charge < -0.3 is 9.84 Å². The van der Waals surface area contributed by atoms with Crippen molar-refractivity contribution < 1.29 is 9.84 Å². The number of hydrogen-bond acceptors (Lipinski definition) is 3. The number of unbranched alkanes of at least 4 members (excludes halogenated alkanes) is 3. The summed E-state index contributed by atoms with van der Waals surface area (Å²) in [6, 6.07) is 5.63. The van der Waals surface area contributed by atoms with Gasteiger partial charge in [-0.3, -0.25) is 0 Å². The molecule has 0 spiro atoms. The molecule has 1 atom stereocenters. The Morgan fingerprint density at radius 2 is 2.00 bits per heavy atom. The van der Waals surface area contributed by atoms with Crippen LogP contribution in [0, 0.1) is 0 Å². The van der Waals surface area contributed by atoms with Crippen molar-refractivity contribution in [3.8, 4) is 0 Å². The summed E-state index contributed by atoms with van der Waals surface area (Å²) in [5.41, 5.74) is 1.11. The summed E-state index contributed by atoms with van der Waals surface area (Å²) in [5, 5.41) is 11.0. The first-order valence-corrected chi connectivity index (χ1v) is 9.32. The van der Waals surface area contributed by atoms with Crippen LogP contribution in [0.2, 0.25) is 10.0 Å². The Kier molecular flexibility index (Phi) is 10.6. The molecule has 0 saturated heterocycles. The van der Waals surface area contributed by atoms with E-state index < -0.39 is 6.10 Å². The zero-order chi connectivity index (χ0) is 15.5. The van der Waals surface area contributed by atoms with E-state index in [1.54, 1.807) is 17.8 Å². The monoisotopic (exact) mass is 350 g/mol. The minimum atomic E-state index is -0.413. The highest BCUT2D eigenvalue weighted by Crippen LogP contribution is 2.24. The average Bonchev–Trinajstić information content (AvgIpc) is 2.46. The standard InChI is InChI=1S/C16H24Cl2O2S/c1-2-3-4-5-8-20-10-14(19)12-21-11-13-6-7-15(17)16(18)9-13/h6-7,9,14,19H,2-5,8,10-12H2,1H3. The fourth-order valence-corrected chi connectivity index (χ4v) is 3.06.